The Morgan fingerprint density at radius 1 is 1.57 bits per heavy atom. The minimum absolute atomic E-state index is 0.0287. The van der Waals surface area contributed by atoms with Crippen molar-refractivity contribution < 1.29 is 8.78 Å². The molecule has 0 saturated carbocycles. The number of nitrogens with zero attached hydrogens (tertiary/aromatic N) is 2. The molecule has 0 radical (unpaired) electrons. The van der Waals surface area contributed by atoms with Crippen LogP contribution in [-0.2, 0) is 5.33 Å². The highest BCUT2D eigenvalue weighted by Crippen LogP contribution is 2.30. The molecular formula is C8H4Br2F2N2. The number of hydrogen-bond donors (Lipinski definition) is 0. The van der Waals surface area contributed by atoms with E-state index in [1.54, 1.807) is 6.07 Å². The van der Waals surface area contributed by atoms with Gasteiger partial charge in [0.15, 0.2) is 0 Å². The van der Waals surface area contributed by atoms with Crippen LogP contribution in [0.25, 0.3) is 0 Å². The summed E-state index contributed by atoms with van der Waals surface area (Å²) in [4.78, 5) is 3.68. The quantitative estimate of drug-likeness (QED) is 0.616. The maximum Gasteiger partial charge on any atom is 0.266 e. The number of hydrogen-bond acceptors (Lipinski definition) is 2. The van der Waals surface area contributed by atoms with E-state index in [-0.39, 0.29) is 21.2 Å². The Bertz CT molecular complexity index is 388. The molecule has 1 rings (SSSR count). The minimum Gasteiger partial charge on any atom is -0.230 e. The summed E-state index contributed by atoms with van der Waals surface area (Å²) < 4.78 is 25.1. The number of alkyl halides is 3. The Morgan fingerprint density at radius 3 is 2.64 bits per heavy atom. The fraction of sp³-hybridized carbons (Fsp3) is 0.250. The van der Waals surface area contributed by atoms with E-state index in [0.717, 1.165) is 0 Å². The van der Waals surface area contributed by atoms with Crippen molar-refractivity contribution in [1.82, 2.24) is 4.98 Å². The van der Waals surface area contributed by atoms with Crippen LogP contribution >= 0.6 is 31.9 Å². The van der Waals surface area contributed by atoms with Gasteiger partial charge >= 0.3 is 0 Å². The summed E-state index contributed by atoms with van der Waals surface area (Å²) in [6.45, 7) is 0. The fourth-order valence-corrected chi connectivity index (χ4v) is 2.05. The number of halogens is 4. The molecule has 0 amide bonds. The van der Waals surface area contributed by atoms with E-state index in [1.807, 2.05) is 0 Å². The first-order chi connectivity index (χ1) is 6.60. The second-order valence-corrected chi connectivity index (χ2v) is 3.73. The third-order valence-corrected chi connectivity index (χ3v) is 2.78. The van der Waals surface area contributed by atoms with E-state index in [0.29, 0.717) is 5.56 Å². The van der Waals surface area contributed by atoms with Crippen LogP contribution in [0.1, 0.15) is 23.2 Å². The van der Waals surface area contributed by atoms with Crippen LogP contribution in [0.4, 0.5) is 8.78 Å². The molecule has 0 aromatic carbocycles. The van der Waals surface area contributed by atoms with Crippen LogP contribution in [0, 0.1) is 11.3 Å². The van der Waals surface area contributed by atoms with E-state index in [1.165, 1.54) is 6.07 Å². The topological polar surface area (TPSA) is 36.7 Å². The average Bonchev–Trinajstić information content (AvgIpc) is 2.15. The molecular weight excluding hydrogens is 322 g/mol. The Morgan fingerprint density at radius 2 is 2.21 bits per heavy atom. The predicted molar refractivity (Wildman–Crippen MR) is 54.2 cm³/mol. The van der Waals surface area contributed by atoms with Crippen LogP contribution in [-0.4, -0.2) is 4.98 Å². The Balaban J connectivity index is 3.36. The lowest BCUT2D eigenvalue weighted by Crippen LogP contribution is -1.98. The smallest absolute Gasteiger partial charge is 0.230 e. The van der Waals surface area contributed by atoms with Gasteiger partial charge in [0, 0.05) is 5.33 Å². The molecule has 0 unspecified atom stereocenters. The summed E-state index contributed by atoms with van der Waals surface area (Å²) in [5.74, 6) is 0. The maximum absolute atomic E-state index is 12.5. The van der Waals surface area contributed by atoms with Crippen molar-refractivity contribution in [3.05, 3.63) is 27.5 Å². The molecule has 0 aliphatic heterocycles. The van der Waals surface area contributed by atoms with E-state index < -0.39 is 6.43 Å². The standard InChI is InChI=1S/C8H4Br2F2N2/c9-2-4-1-5(3-13)14-7(10)6(4)8(11)12/h1,8H,2H2. The van der Waals surface area contributed by atoms with Crippen molar-refractivity contribution in [2.24, 2.45) is 0 Å². The van der Waals surface area contributed by atoms with Crippen LogP contribution < -0.4 is 0 Å². The van der Waals surface area contributed by atoms with Gasteiger partial charge in [-0.05, 0) is 27.6 Å². The molecule has 0 spiro atoms. The molecule has 0 saturated heterocycles. The van der Waals surface area contributed by atoms with Gasteiger partial charge in [0.1, 0.15) is 16.4 Å². The molecule has 0 aliphatic carbocycles. The van der Waals surface area contributed by atoms with E-state index in [4.69, 9.17) is 5.26 Å². The summed E-state index contributed by atoms with van der Waals surface area (Å²) in [6, 6.07) is 3.15. The zero-order valence-corrected chi connectivity index (χ0v) is 9.94. The Kier molecular flexibility index (Phi) is 3.96. The molecule has 0 aliphatic rings. The van der Waals surface area contributed by atoms with E-state index >= 15 is 0 Å². The van der Waals surface area contributed by atoms with Gasteiger partial charge in [-0.15, -0.1) is 0 Å². The number of aromatic nitrogens is 1. The van der Waals surface area contributed by atoms with Gasteiger partial charge in [-0.3, -0.25) is 0 Å². The van der Waals surface area contributed by atoms with Crippen molar-refractivity contribution in [2.45, 2.75) is 11.8 Å². The lowest BCUT2D eigenvalue weighted by Gasteiger charge is -2.08. The molecule has 0 N–H and O–H groups in total. The third kappa shape index (κ3) is 2.28. The summed E-state index contributed by atoms with van der Waals surface area (Å²) in [5.41, 5.74) is 0.329. The molecule has 2 nitrogen and oxygen atoms in total. The average molecular weight is 326 g/mol. The van der Waals surface area contributed by atoms with Crippen molar-refractivity contribution in [3.63, 3.8) is 0 Å². The molecule has 0 fully saturated rings. The highest BCUT2D eigenvalue weighted by molar-refractivity contribution is 9.10. The van der Waals surface area contributed by atoms with Gasteiger partial charge in [-0.2, -0.15) is 5.26 Å². The van der Waals surface area contributed by atoms with Crippen molar-refractivity contribution in [3.8, 4) is 6.07 Å². The summed E-state index contributed by atoms with van der Waals surface area (Å²) in [6.07, 6.45) is -2.60. The molecule has 6 heteroatoms. The maximum atomic E-state index is 12.5. The van der Waals surface area contributed by atoms with Gasteiger partial charge in [0.05, 0.1) is 5.56 Å². The first kappa shape index (κ1) is 11.5. The highest BCUT2D eigenvalue weighted by Gasteiger charge is 2.18. The minimum atomic E-state index is -2.60. The molecule has 1 aromatic rings. The number of nitriles is 1. The lowest BCUT2D eigenvalue weighted by molar-refractivity contribution is 0.149. The molecule has 1 heterocycles. The fourth-order valence-electron chi connectivity index (χ4n) is 0.972. The second kappa shape index (κ2) is 4.80. The van der Waals surface area contributed by atoms with Crippen LogP contribution in [0.5, 0.6) is 0 Å². The van der Waals surface area contributed by atoms with Crippen molar-refractivity contribution in [1.29, 1.82) is 5.26 Å². The van der Waals surface area contributed by atoms with Crippen LogP contribution in [0.2, 0.25) is 0 Å². The molecule has 0 bridgehead atoms. The predicted octanol–water partition coefficient (Wildman–Crippen LogP) is 3.55. The summed E-state index contributed by atoms with van der Waals surface area (Å²) >= 11 is 6.00. The van der Waals surface area contributed by atoms with E-state index in [2.05, 4.69) is 36.8 Å². The summed E-state index contributed by atoms with van der Waals surface area (Å²) in [7, 11) is 0. The third-order valence-electron chi connectivity index (χ3n) is 1.57. The normalized spacial score (nSPS) is 10.3. The molecule has 14 heavy (non-hydrogen) atoms. The molecule has 0 atom stereocenters. The van der Waals surface area contributed by atoms with Gasteiger partial charge < -0.3 is 0 Å². The zero-order chi connectivity index (χ0) is 10.7. The Hall–Kier alpha value is -0.540. The van der Waals surface area contributed by atoms with Crippen LogP contribution in [0.15, 0.2) is 10.7 Å². The van der Waals surface area contributed by atoms with Gasteiger partial charge in [-0.25, -0.2) is 13.8 Å². The highest BCUT2D eigenvalue weighted by atomic mass is 79.9. The zero-order valence-electron chi connectivity index (χ0n) is 6.77. The largest absolute Gasteiger partial charge is 0.266 e. The second-order valence-electron chi connectivity index (χ2n) is 2.42. The number of rotatable bonds is 2. The van der Waals surface area contributed by atoms with Gasteiger partial charge in [-0.1, -0.05) is 15.9 Å². The SMILES string of the molecule is N#Cc1cc(CBr)c(C(F)F)c(Br)n1. The Labute approximate surface area is 96.2 Å². The van der Waals surface area contributed by atoms with Crippen LogP contribution in [0.3, 0.4) is 0 Å². The molecule has 74 valence electrons. The first-order valence-corrected chi connectivity index (χ1v) is 5.45. The van der Waals surface area contributed by atoms with Gasteiger partial charge in [0.2, 0.25) is 0 Å². The monoisotopic (exact) mass is 324 g/mol. The van der Waals surface area contributed by atoms with E-state index in [9.17, 15) is 8.78 Å². The number of pyridine rings is 1. The molecule has 1 aromatic heterocycles. The van der Waals surface area contributed by atoms with Crippen molar-refractivity contribution >= 4 is 31.9 Å². The van der Waals surface area contributed by atoms with Crippen molar-refractivity contribution in [2.75, 3.05) is 0 Å². The lowest BCUT2D eigenvalue weighted by atomic mass is 10.1. The first-order valence-electron chi connectivity index (χ1n) is 3.53. The van der Waals surface area contributed by atoms with Gasteiger partial charge in [0.25, 0.3) is 6.43 Å². The summed E-state index contributed by atoms with van der Waals surface area (Å²) in [5, 5.41) is 8.84.